The molecule has 0 unspecified atom stereocenters. The van der Waals surface area contributed by atoms with Crippen LogP contribution in [0.1, 0.15) is 29.8 Å². The van der Waals surface area contributed by atoms with E-state index in [4.69, 9.17) is 5.73 Å². The Hall–Kier alpha value is -3.60. The van der Waals surface area contributed by atoms with E-state index in [-0.39, 0.29) is 11.8 Å². The van der Waals surface area contributed by atoms with Gasteiger partial charge in [0.2, 0.25) is 0 Å². The predicted molar refractivity (Wildman–Crippen MR) is 112 cm³/mol. The summed E-state index contributed by atoms with van der Waals surface area (Å²) < 4.78 is 0. The number of rotatable bonds is 6. The van der Waals surface area contributed by atoms with Crippen molar-refractivity contribution in [2.75, 3.05) is 10.6 Å². The molecule has 0 atom stereocenters. The van der Waals surface area contributed by atoms with Gasteiger partial charge >= 0.3 is 6.03 Å². The number of hydrogen-bond donors (Lipinski definition) is 3. The number of allylic oxidation sites excluding steroid dienone is 5. The van der Waals surface area contributed by atoms with E-state index < -0.39 is 0 Å². The molecule has 2 aromatic rings. The van der Waals surface area contributed by atoms with Gasteiger partial charge in [-0.25, -0.2) is 4.79 Å². The van der Waals surface area contributed by atoms with E-state index in [2.05, 4.69) is 17.2 Å². The van der Waals surface area contributed by atoms with Crippen molar-refractivity contribution in [3.63, 3.8) is 0 Å². The molecule has 0 saturated carbocycles. The largest absolute Gasteiger partial charge is 0.402 e. The van der Waals surface area contributed by atoms with E-state index in [1.54, 1.807) is 42.5 Å². The monoisotopic (exact) mass is 361 g/mol. The molecule has 0 bridgehead atoms. The summed E-state index contributed by atoms with van der Waals surface area (Å²) in [5.41, 5.74) is 10.1. The molecule has 5 nitrogen and oxygen atoms in total. The maximum Gasteiger partial charge on any atom is 0.323 e. The molecular formula is C22H23N3O2. The quantitative estimate of drug-likeness (QED) is 0.502. The lowest BCUT2D eigenvalue weighted by Gasteiger charge is -2.10. The van der Waals surface area contributed by atoms with Gasteiger partial charge in [0.15, 0.2) is 5.78 Å². The number of carbonyl (C=O) groups excluding carboxylic acids is 2. The van der Waals surface area contributed by atoms with Gasteiger partial charge in [0.05, 0.1) is 0 Å². The maximum absolute atomic E-state index is 12.2. The zero-order valence-corrected chi connectivity index (χ0v) is 15.5. The van der Waals surface area contributed by atoms with Crippen molar-refractivity contribution in [1.82, 2.24) is 0 Å². The van der Waals surface area contributed by atoms with Gasteiger partial charge in [0.25, 0.3) is 0 Å². The van der Waals surface area contributed by atoms with Gasteiger partial charge in [-0.15, -0.1) is 0 Å². The summed E-state index contributed by atoms with van der Waals surface area (Å²) in [6.45, 7) is 7.02. The number of hydrogen-bond acceptors (Lipinski definition) is 3. The van der Waals surface area contributed by atoms with E-state index in [9.17, 15) is 9.59 Å². The third kappa shape index (κ3) is 6.01. The Morgan fingerprint density at radius 2 is 1.63 bits per heavy atom. The number of amides is 2. The van der Waals surface area contributed by atoms with Crippen LogP contribution < -0.4 is 16.4 Å². The first kappa shape index (κ1) is 19.7. The summed E-state index contributed by atoms with van der Waals surface area (Å²) in [5, 5.41) is 5.48. The SMILES string of the molecule is C=C/C=C(\C=C(\C)N)c1ccc(NC(=O)Nc2cccc(C(C)=O)c2)cc1. The zero-order chi connectivity index (χ0) is 19.8. The summed E-state index contributed by atoms with van der Waals surface area (Å²) in [4.78, 5) is 23.6. The van der Waals surface area contributed by atoms with Crippen LogP contribution in [0, 0.1) is 0 Å². The van der Waals surface area contributed by atoms with E-state index in [1.807, 2.05) is 31.2 Å². The van der Waals surface area contributed by atoms with Crippen LogP contribution in [0.25, 0.3) is 5.57 Å². The molecule has 0 fully saturated rings. The molecule has 0 aliphatic carbocycles. The van der Waals surface area contributed by atoms with Gasteiger partial charge in [-0.1, -0.05) is 43.0 Å². The lowest BCUT2D eigenvalue weighted by molar-refractivity contribution is 0.101. The van der Waals surface area contributed by atoms with Gasteiger partial charge in [0.1, 0.15) is 0 Å². The molecule has 27 heavy (non-hydrogen) atoms. The van der Waals surface area contributed by atoms with Crippen molar-refractivity contribution < 1.29 is 9.59 Å². The normalized spacial score (nSPS) is 11.6. The van der Waals surface area contributed by atoms with Crippen molar-refractivity contribution in [3.8, 4) is 0 Å². The van der Waals surface area contributed by atoms with E-state index >= 15 is 0 Å². The minimum atomic E-state index is -0.386. The molecule has 2 rings (SSSR count). The minimum Gasteiger partial charge on any atom is -0.402 e. The molecule has 5 heteroatoms. The smallest absolute Gasteiger partial charge is 0.323 e. The highest BCUT2D eigenvalue weighted by molar-refractivity contribution is 6.01. The number of carbonyl (C=O) groups is 2. The second-order valence-electron chi connectivity index (χ2n) is 6.04. The Kier molecular flexibility index (Phi) is 6.72. The summed E-state index contributed by atoms with van der Waals surface area (Å²) in [5.74, 6) is -0.0557. The Morgan fingerprint density at radius 1 is 0.963 bits per heavy atom. The lowest BCUT2D eigenvalue weighted by Crippen LogP contribution is -2.19. The Bertz CT molecular complexity index is 905. The standard InChI is InChI=1S/C22H23N3O2/c1-4-6-19(13-15(2)23)17-9-11-20(12-10-17)24-22(27)25-21-8-5-7-18(14-21)16(3)26/h4-14H,1,23H2,2-3H3,(H2,24,25,27)/b15-13-,19-6+. The third-order valence-corrected chi connectivity index (χ3v) is 3.68. The number of Topliss-reactive ketones (excluding diaryl/α,β-unsaturated/α-hetero) is 1. The van der Waals surface area contributed by atoms with Crippen molar-refractivity contribution in [3.05, 3.63) is 90.2 Å². The van der Waals surface area contributed by atoms with Crippen molar-refractivity contribution in [1.29, 1.82) is 0 Å². The number of nitrogens with one attached hydrogen (secondary N) is 2. The van der Waals surface area contributed by atoms with Crippen molar-refractivity contribution in [2.24, 2.45) is 5.73 Å². The van der Waals surface area contributed by atoms with Crippen LogP contribution in [-0.4, -0.2) is 11.8 Å². The molecule has 2 amide bonds. The predicted octanol–water partition coefficient (Wildman–Crippen LogP) is 4.97. The van der Waals surface area contributed by atoms with Gasteiger partial charge < -0.3 is 16.4 Å². The highest BCUT2D eigenvalue weighted by atomic mass is 16.2. The maximum atomic E-state index is 12.2. The van der Waals surface area contributed by atoms with Crippen LogP contribution in [0.5, 0.6) is 0 Å². The van der Waals surface area contributed by atoms with E-state index in [0.717, 1.165) is 11.1 Å². The Balaban J connectivity index is 2.07. The van der Waals surface area contributed by atoms with Gasteiger partial charge in [-0.3, -0.25) is 4.79 Å². The highest BCUT2D eigenvalue weighted by Gasteiger charge is 2.06. The second-order valence-corrected chi connectivity index (χ2v) is 6.04. The van der Waals surface area contributed by atoms with Crippen molar-refractivity contribution >= 4 is 28.8 Å². The molecule has 0 saturated heterocycles. The lowest BCUT2D eigenvalue weighted by atomic mass is 10.0. The molecule has 0 heterocycles. The molecule has 4 N–H and O–H groups in total. The molecule has 0 aliphatic heterocycles. The summed E-state index contributed by atoms with van der Waals surface area (Å²) in [6, 6.07) is 13.8. The molecule has 0 radical (unpaired) electrons. The van der Waals surface area contributed by atoms with E-state index in [0.29, 0.717) is 22.6 Å². The first-order chi connectivity index (χ1) is 12.9. The fourth-order valence-corrected chi connectivity index (χ4v) is 2.46. The zero-order valence-electron chi connectivity index (χ0n) is 15.5. The number of ketones is 1. The minimum absolute atomic E-state index is 0.0557. The van der Waals surface area contributed by atoms with Gasteiger partial charge in [-0.2, -0.15) is 0 Å². The number of anilines is 2. The first-order valence-corrected chi connectivity index (χ1v) is 8.45. The Morgan fingerprint density at radius 3 is 2.22 bits per heavy atom. The molecule has 138 valence electrons. The van der Waals surface area contributed by atoms with Gasteiger partial charge in [0, 0.05) is 22.6 Å². The molecule has 2 aromatic carbocycles. The fraction of sp³-hybridized carbons (Fsp3) is 0.0909. The average molecular weight is 361 g/mol. The highest BCUT2D eigenvalue weighted by Crippen LogP contribution is 2.20. The van der Waals surface area contributed by atoms with Gasteiger partial charge in [-0.05, 0) is 55.3 Å². The van der Waals surface area contributed by atoms with E-state index in [1.165, 1.54) is 6.92 Å². The number of nitrogens with two attached hydrogens (primary N) is 1. The summed E-state index contributed by atoms with van der Waals surface area (Å²) in [7, 11) is 0. The summed E-state index contributed by atoms with van der Waals surface area (Å²) in [6.07, 6.45) is 5.43. The third-order valence-electron chi connectivity index (χ3n) is 3.68. The van der Waals surface area contributed by atoms with Crippen LogP contribution in [0.2, 0.25) is 0 Å². The van der Waals surface area contributed by atoms with Crippen LogP contribution >= 0.6 is 0 Å². The Labute approximate surface area is 159 Å². The summed E-state index contributed by atoms with van der Waals surface area (Å²) >= 11 is 0. The number of benzene rings is 2. The second kappa shape index (κ2) is 9.20. The van der Waals surface area contributed by atoms with Crippen LogP contribution in [0.4, 0.5) is 16.2 Å². The number of urea groups is 1. The topological polar surface area (TPSA) is 84.2 Å². The molecule has 0 spiro atoms. The first-order valence-electron chi connectivity index (χ1n) is 8.45. The average Bonchev–Trinajstić information content (AvgIpc) is 2.62. The van der Waals surface area contributed by atoms with Crippen LogP contribution in [0.3, 0.4) is 0 Å². The van der Waals surface area contributed by atoms with Crippen LogP contribution in [0.15, 0.2) is 79.0 Å². The molecule has 0 aromatic heterocycles. The fourth-order valence-electron chi connectivity index (χ4n) is 2.46. The molecular weight excluding hydrogens is 338 g/mol. The van der Waals surface area contributed by atoms with Crippen molar-refractivity contribution in [2.45, 2.75) is 13.8 Å². The molecule has 0 aliphatic rings. The van der Waals surface area contributed by atoms with Crippen LogP contribution in [-0.2, 0) is 0 Å².